The lowest BCUT2D eigenvalue weighted by molar-refractivity contribution is 0.959. The van der Waals surface area contributed by atoms with E-state index in [1.165, 1.54) is 0 Å². The van der Waals surface area contributed by atoms with Gasteiger partial charge in [-0.1, -0.05) is 53.5 Å². The topological polar surface area (TPSA) is 17.8 Å². The number of hydrogen-bond donors (Lipinski definition) is 0. The Morgan fingerprint density at radius 3 is 2.39 bits per heavy atom. The van der Waals surface area contributed by atoms with Crippen LogP contribution >= 0.6 is 23.2 Å². The van der Waals surface area contributed by atoms with Crippen LogP contribution < -0.4 is 0 Å². The van der Waals surface area contributed by atoms with Gasteiger partial charge in [-0.2, -0.15) is 0 Å². The number of aromatic nitrogens is 2. The lowest BCUT2D eigenvalue weighted by atomic mass is 10.2. The van der Waals surface area contributed by atoms with Gasteiger partial charge in [0.1, 0.15) is 5.82 Å². The van der Waals surface area contributed by atoms with Crippen molar-refractivity contribution < 1.29 is 0 Å². The standard InChI is InChI=1S/C14H10Cl2N2/c1-18-13-8-11(16)10(15)7-12(13)17-14(18)9-5-3-2-4-6-9/h2-8H,1H3. The van der Waals surface area contributed by atoms with Crippen molar-refractivity contribution in [1.29, 1.82) is 0 Å². The number of fused-ring (bicyclic) bond motifs is 1. The molecule has 90 valence electrons. The largest absolute Gasteiger partial charge is 0.327 e. The lowest BCUT2D eigenvalue weighted by Gasteiger charge is -2.02. The van der Waals surface area contributed by atoms with E-state index in [2.05, 4.69) is 4.98 Å². The molecule has 18 heavy (non-hydrogen) atoms. The first-order valence-corrected chi connectivity index (χ1v) is 6.29. The van der Waals surface area contributed by atoms with Crippen LogP contribution in [0.5, 0.6) is 0 Å². The third-order valence-electron chi connectivity index (χ3n) is 2.95. The van der Waals surface area contributed by atoms with Crippen LogP contribution in [0, 0.1) is 0 Å². The van der Waals surface area contributed by atoms with E-state index in [4.69, 9.17) is 23.2 Å². The molecular weight excluding hydrogens is 267 g/mol. The predicted molar refractivity (Wildman–Crippen MR) is 76.2 cm³/mol. The monoisotopic (exact) mass is 276 g/mol. The van der Waals surface area contributed by atoms with Crippen LogP contribution in [0.2, 0.25) is 10.0 Å². The molecule has 1 heterocycles. The second-order valence-electron chi connectivity index (χ2n) is 4.12. The maximum absolute atomic E-state index is 6.04. The molecule has 0 fully saturated rings. The number of nitrogens with zero attached hydrogens (tertiary/aromatic N) is 2. The Morgan fingerprint density at radius 2 is 1.67 bits per heavy atom. The van der Waals surface area contributed by atoms with Crippen molar-refractivity contribution >= 4 is 34.2 Å². The van der Waals surface area contributed by atoms with Gasteiger partial charge in [-0.05, 0) is 12.1 Å². The fourth-order valence-electron chi connectivity index (χ4n) is 2.03. The molecule has 0 N–H and O–H groups in total. The van der Waals surface area contributed by atoms with E-state index in [9.17, 15) is 0 Å². The number of halogens is 2. The summed E-state index contributed by atoms with van der Waals surface area (Å²) in [6.07, 6.45) is 0. The van der Waals surface area contributed by atoms with Gasteiger partial charge in [0.2, 0.25) is 0 Å². The summed E-state index contributed by atoms with van der Waals surface area (Å²) < 4.78 is 2.02. The zero-order valence-corrected chi connectivity index (χ0v) is 11.2. The van der Waals surface area contributed by atoms with Gasteiger partial charge >= 0.3 is 0 Å². The third kappa shape index (κ3) is 1.78. The smallest absolute Gasteiger partial charge is 0.140 e. The first-order chi connectivity index (χ1) is 8.66. The van der Waals surface area contributed by atoms with E-state index in [1.807, 2.05) is 48.0 Å². The van der Waals surface area contributed by atoms with E-state index in [1.54, 1.807) is 6.07 Å². The van der Waals surface area contributed by atoms with Crippen molar-refractivity contribution in [3.05, 3.63) is 52.5 Å². The molecule has 3 aromatic rings. The summed E-state index contributed by atoms with van der Waals surface area (Å²) in [5.41, 5.74) is 2.90. The molecule has 0 spiro atoms. The van der Waals surface area contributed by atoms with Crippen molar-refractivity contribution in [2.24, 2.45) is 7.05 Å². The highest BCUT2D eigenvalue weighted by Gasteiger charge is 2.11. The number of imidazole rings is 1. The van der Waals surface area contributed by atoms with Crippen LogP contribution in [0.3, 0.4) is 0 Å². The highest BCUT2D eigenvalue weighted by Crippen LogP contribution is 2.30. The fourth-order valence-corrected chi connectivity index (χ4v) is 2.35. The number of rotatable bonds is 1. The van der Waals surface area contributed by atoms with Crippen molar-refractivity contribution in [3.63, 3.8) is 0 Å². The van der Waals surface area contributed by atoms with Gasteiger partial charge < -0.3 is 4.57 Å². The summed E-state index contributed by atoms with van der Waals surface area (Å²) in [7, 11) is 1.97. The van der Waals surface area contributed by atoms with Crippen LogP contribution in [0.4, 0.5) is 0 Å². The first kappa shape index (κ1) is 11.6. The van der Waals surface area contributed by atoms with Crippen LogP contribution in [-0.4, -0.2) is 9.55 Å². The fraction of sp³-hybridized carbons (Fsp3) is 0.0714. The van der Waals surface area contributed by atoms with E-state index in [0.29, 0.717) is 10.0 Å². The minimum Gasteiger partial charge on any atom is -0.327 e. The Morgan fingerprint density at radius 1 is 1.00 bits per heavy atom. The molecule has 0 saturated heterocycles. The minimum atomic E-state index is 0.530. The van der Waals surface area contributed by atoms with Crippen LogP contribution in [0.15, 0.2) is 42.5 Å². The Kier molecular flexibility index (Phi) is 2.77. The van der Waals surface area contributed by atoms with Crippen molar-refractivity contribution in [3.8, 4) is 11.4 Å². The molecule has 0 amide bonds. The third-order valence-corrected chi connectivity index (χ3v) is 3.68. The Balaban J connectivity index is 2.30. The molecular formula is C14H10Cl2N2. The molecule has 0 aliphatic carbocycles. The van der Waals surface area contributed by atoms with Crippen molar-refractivity contribution in [1.82, 2.24) is 9.55 Å². The highest BCUT2D eigenvalue weighted by atomic mass is 35.5. The zero-order valence-electron chi connectivity index (χ0n) is 9.69. The van der Waals surface area contributed by atoms with Gasteiger partial charge in [-0.15, -0.1) is 0 Å². The minimum absolute atomic E-state index is 0.530. The summed E-state index contributed by atoms with van der Waals surface area (Å²) in [5, 5.41) is 1.08. The summed E-state index contributed by atoms with van der Waals surface area (Å²) in [5.74, 6) is 0.906. The summed E-state index contributed by atoms with van der Waals surface area (Å²) in [4.78, 5) is 4.60. The first-order valence-electron chi connectivity index (χ1n) is 5.53. The molecule has 4 heteroatoms. The molecule has 0 bridgehead atoms. The summed E-state index contributed by atoms with van der Waals surface area (Å²) in [6.45, 7) is 0. The molecule has 0 atom stereocenters. The van der Waals surface area contributed by atoms with Crippen molar-refractivity contribution in [2.45, 2.75) is 0 Å². The van der Waals surface area contributed by atoms with Gasteiger partial charge in [-0.25, -0.2) is 4.98 Å². The van der Waals surface area contributed by atoms with Gasteiger partial charge in [0.05, 0.1) is 21.1 Å². The van der Waals surface area contributed by atoms with E-state index >= 15 is 0 Å². The van der Waals surface area contributed by atoms with Gasteiger partial charge in [0.25, 0.3) is 0 Å². The summed E-state index contributed by atoms with van der Waals surface area (Å²) in [6, 6.07) is 13.7. The Bertz CT molecular complexity index is 717. The maximum atomic E-state index is 6.04. The van der Waals surface area contributed by atoms with Gasteiger partial charge in [0.15, 0.2) is 0 Å². The number of benzene rings is 2. The predicted octanol–water partition coefficient (Wildman–Crippen LogP) is 4.55. The van der Waals surface area contributed by atoms with E-state index in [0.717, 1.165) is 22.4 Å². The molecule has 2 nitrogen and oxygen atoms in total. The average molecular weight is 277 g/mol. The SMILES string of the molecule is Cn1c(-c2ccccc2)nc2cc(Cl)c(Cl)cc21. The van der Waals surface area contributed by atoms with E-state index < -0.39 is 0 Å². The van der Waals surface area contributed by atoms with E-state index in [-0.39, 0.29) is 0 Å². The molecule has 0 radical (unpaired) electrons. The molecule has 0 aliphatic rings. The highest BCUT2D eigenvalue weighted by molar-refractivity contribution is 6.42. The lowest BCUT2D eigenvalue weighted by Crippen LogP contribution is -1.91. The number of aryl methyl sites for hydroxylation is 1. The van der Waals surface area contributed by atoms with Crippen molar-refractivity contribution in [2.75, 3.05) is 0 Å². The normalized spacial score (nSPS) is 11.1. The van der Waals surface area contributed by atoms with Crippen LogP contribution in [0.25, 0.3) is 22.4 Å². The van der Waals surface area contributed by atoms with Gasteiger partial charge in [0, 0.05) is 12.6 Å². The molecule has 0 unspecified atom stereocenters. The average Bonchev–Trinajstić information content (AvgIpc) is 2.69. The molecule has 3 rings (SSSR count). The summed E-state index contributed by atoms with van der Waals surface area (Å²) >= 11 is 12.1. The number of hydrogen-bond acceptors (Lipinski definition) is 1. The molecule has 0 saturated carbocycles. The molecule has 0 aliphatic heterocycles. The Hall–Kier alpha value is -1.51. The second kappa shape index (κ2) is 4.30. The quantitative estimate of drug-likeness (QED) is 0.638. The van der Waals surface area contributed by atoms with Crippen LogP contribution in [-0.2, 0) is 7.05 Å². The zero-order chi connectivity index (χ0) is 12.7. The molecule has 1 aromatic heterocycles. The van der Waals surface area contributed by atoms with Crippen LogP contribution in [0.1, 0.15) is 0 Å². The maximum Gasteiger partial charge on any atom is 0.140 e. The second-order valence-corrected chi connectivity index (χ2v) is 4.93. The molecule has 2 aromatic carbocycles. The van der Waals surface area contributed by atoms with Gasteiger partial charge in [-0.3, -0.25) is 0 Å². The Labute approximate surface area is 115 Å².